The summed E-state index contributed by atoms with van der Waals surface area (Å²) in [6.45, 7) is 1.32. The van der Waals surface area contributed by atoms with E-state index >= 15 is 0 Å². The molecule has 1 aliphatic heterocycles. The van der Waals surface area contributed by atoms with Gasteiger partial charge in [0.1, 0.15) is 13.2 Å². The lowest BCUT2D eigenvalue weighted by Crippen LogP contribution is -2.50. The van der Waals surface area contributed by atoms with Gasteiger partial charge in [-0.25, -0.2) is 19.6 Å². The number of hydrogen-bond acceptors (Lipinski definition) is 6. The van der Waals surface area contributed by atoms with Gasteiger partial charge in [0, 0.05) is 13.1 Å². The fourth-order valence-corrected chi connectivity index (χ4v) is 3.00. The third kappa shape index (κ3) is 6.08. The Kier molecular flexibility index (Phi) is 7.85. The monoisotopic (exact) mass is 408 g/mol. The number of carbonyl (C=O) groups is 3. The van der Waals surface area contributed by atoms with Gasteiger partial charge in [0.2, 0.25) is 0 Å². The molecule has 0 aromatic heterocycles. The smallest absolute Gasteiger partial charge is 0.429 e. The zero-order valence-electron chi connectivity index (χ0n) is 16.6. The molecular formula is C21H23BN3O5. The quantitative estimate of drug-likeness (QED) is 0.539. The maximum Gasteiger partial charge on any atom is 0.429 e. The molecule has 1 saturated heterocycles. The maximum atomic E-state index is 12.7. The van der Waals surface area contributed by atoms with Gasteiger partial charge in [-0.3, -0.25) is 0 Å². The average Bonchev–Trinajstić information content (AvgIpc) is 3.00. The maximum absolute atomic E-state index is 12.7. The molecule has 155 valence electrons. The molecule has 3 rings (SSSR count). The molecule has 1 aliphatic rings. The Morgan fingerprint density at radius 2 is 1.20 bits per heavy atom. The van der Waals surface area contributed by atoms with Crippen molar-refractivity contribution in [3.8, 4) is 0 Å². The van der Waals surface area contributed by atoms with Crippen molar-refractivity contribution in [2.45, 2.75) is 13.2 Å². The summed E-state index contributed by atoms with van der Waals surface area (Å²) >= 11 is 0. The van der Waals surface area contributed by atoms with Crippen molar-refractivity contribution in [2.75, 3.05) is 26.2 Å². The summed E-state index contributed by atoms with van der Waals surface area (Å²) in [6.07, 6.45) is -0.617. The summed E-state index contributed by atoms with van der Waals surface area (Å²) in [6, 6.07) is 18.6. The molecule has 0 atom stereocenters. The van der Waals surface area contributed by atoms with Crippen LogP contribution in [0.1, 0.15) is 11.1 Å². The molecular weight excluding hydrogens is 385 g/mol. The average molecular weight is 408 g/mol. The van der Waals surface area contributed by atoms with Gasteiger partial charge in [-0.15, -0.1) is 0 Å². The van der Waals surface area contributed by atoms with Gasteiger partial charge >= 0.3 is 12.2 Å². The number of ether oxygens (including phenoxy) is 2. The van der Waals surface area contributed by atoms with Gasteiger partial charge in [-0.05, 0) is 11.1 Å². The van der Waals surface area contributed by atoms with Crippen LogP contribution in [0.2, 0.25) is 0 Å². The minimum Gasteiger partial charge on any atom is -0.443 e. The molecule has 2 amide bonds. The Hall–Kier alpha value is -3.33. The molecule has 30 heavy (non-hydrogen) atoms. The highest BCUT2D eigenvalue weighted by Gasteiger charge is 2.32. The number of amides is 2. The van der Waals surface area contributed by atoms with Gasteiger partial charge in [0.15, 0.2) is 0 Å². The van der Waals surface area contributed by atoms with Crippen LogP contribution in [0, 0.1) is 0 Å². The summed E-state index contributed by atoms with van der Waals surface area (Å²) in [7, 11) is 1.40. The highest BCUT2D eigenvalue weighted by atomic mass is 16.6. The first-order valence-corrected chi connectivity index (χ1v) is 9.66. The highest BCUT2D eigenvalue weighted by molar-refractivity contribution is 6.64. The zero-order chi connectivity index (χ0) is 21.2. The zero-order valence-corrected chi connectivity index (χ0v) is 16.6. The molecule has 1 fully saturated rings. The molecule has 2 aromatic carbocycles. The molecule has 0 saturated carbocycles. The summed E-state index contributed by atoms with van der Waals surface area (Å²) in [5.41, 5.74) is 1.68. The Labute approximate surface area is 176 Å². The number of rotatable bonds is 6. The predicted molar refractivity (Wildman–Crippen MR) is 111 cm³/mol. The third-order valence-corrected chi connectivity index (χ3v) is 4.59. The van der Waals surface area contributed by atoms with Crippen LogP contribution in [0.3, 0.4) is 0 Å². The topological polar surface area (TPSA) is 79.4 Å². The molecule has 8 nitrogen and oxygen atoms in total. The van der Waals surface area contributed by atoms with E-state index in [2.05, 4.69) is 0 Å². The van der Waals surface area contributed by atoms with Crippen LogP contribution < -0.4 is 0 Å². The summed E-state index contributed by atoms with van der Waals surface area (Å²) in [5, 5.41) is 2.46. The highest BCUT2D eigenvalue weighted by Crippen LogP contribution is 2.12. The van der Waals surface area contributed by atoms with Crippen LogP contribution in [0.15, 0.2) is 60.7 Å². The van der Waals surface area contributed by atoms with Gasteiger partial charge in [-0.2, -0.15) is 0 Å². The number of benzene rings is 2. The Balaban J connectivity index is 1.66. The van der Waals surface area contributed by atoms with Gasteiger partial charge in [-0.1, -0.05) is 60.7 Å². The molecule has 0 bridgehead atoms. The molecule has 0 N–H and O–H groups in total. The molecule has 1 heterocycles. The first-order chi connectivity index (χ1) is 14.7. The minimum absolute atomic E-state index is 0.0905. The fourth-order valence-electron chi connectivity index (χ4n) is 3.00. The predicted octanol–water partition coefficient (Wildman–Crippen LogP) is 2.30. The first kappa shape index (κ1) is 21.4. The number of hydrogen-bond donors (Lipinski definition) is 0. The van der Waals surface area contributed by atoms with Crippen molar-refractivity contribution in [3.63, 3.8) is 0 Å². The largest absolute Gasteiger partial charge is 0.443 e. The van der Waals surface area contributed by atoms with Crippen molar-refractivity contribution in [3.05, 3.63) is 71.8 Å². The molecule has 9 heteroatoms. The number of hydrazine groups is 1. The van der Waals surface area contributed by atoms with Crippen LogP contribution in [0.25, 0.3) is 0 Å². The lowest BCUT2D eigenvalue weighted by atomic mass is 9.95. The van der Waals surface area contributed by atoms with E-state index in [0.717, 1.165) is 11.1 Å². The van der Waals surface area contributed by atoms with Crippen LogP contribution in [0.5, 0.6) is 0 Å². The lowest BCUT2D eigenvalue weighted by molar-refractivity contribution is -0.0184. The van der Waals surface area contributed by atoms with Gasteiger partial charge in [0.05, 0.1) is 19.3 Å². The second kappa shape index (κ2) is 11.0. The van der Waals surface area contributed by atoms with Crippen molar-refractivity contribution >= 4 is 25.8 Å². The fraction of sp³-hybridized carbons (Fsp3) is 0.286. The van der Waals surface area contributed by atoms with Crippen LogP contribution in [0.4, 0.5) is 9.59 Å². The lowest BCUT2D eigenvalue weighted by Gasteiger charge is -2.31. The van der Waals surface area contributed by atoms with Crippen LogP contribution in [-0.4, -0.2) is 66.8 Å². The summed E-state index contributed by atoms with van der Waals surface area (Å²) < 4.78 is 10.8. The molecule has 0 unspecified atom stereocenters. The second-order valence-electron chi connectivity index (χ2n) is 6.65. The minimum atomic E-state index is -0.650. The first-order valence-electron chi connectivity index (χ1n) is 9.66. The Morgan fingerprint density at radius 1 is 0.767 bits per heavy atom. The van der Waals surface area contributed by atoms with E-state index in [9.17, 15) is 14.4 Å². The van der Waals surface area contributed by atoms with Gasteiger partial charge in [0.25, 0.3) is 7.41 Å². The standard InChI is InChI=1S/C21H23BN3O5/c26-17-22-23-11-13-24(20(27)29-15-18-7-3-1-4-8-18)25(14-12-23)21(28)30-16-19-9-5-2-6-10-19/h1-10,17H,11-16H2. The van der Waals surface area contributed by atoms with E-state index in [-0.39, 0.29) is 26.3 Å². The molecule has 0 spiro atoms. The van der Waals surface area contributed by atoms with E-state index < -0.39 is 12.2 Å². The van der Waals surface area contributed by atoms with E-state index in [1.807, 2.05) is 60.7 Å². The van der Waals surface area contributed by atoms with E-state index in [0.29, 0.717) is 19.3 Å². The normalized spacial score (nSPS) is 14.5. The number of nitrogens with zero attached hydrogens (tertiary/aromatic N) is 3. The van der Waals surface area contributed by atoms with Crippen LogP contribution in [-0.2, 0) is 27.5 Å². The van der Waals surface area contributed by atoms with E-state index in [1.165, 1.54) is 17.4 Å². The molecule has 1 radical (unpaired) electrons. The van der Waals surface area contributed by atoms with Crippen molar-refractivity contribution < 1.29 is 23.9 Å². The summed E-state index contributed by atoms with van der Waals surface area (Å²) in [5.74, 6) is 0. The van der Waals surface area contributed by atoms with E-state index in [1.54, 1.807) is 4.81 Å². The second-order valence-corrected chi connectivity index (χ2v) is 6.65. The summed E-state index contributed by atoms with van der Waals surface area (Å²) in [4.78, 5) is 38.0. The number of carbonyl (C=O) groups excluding carboxylic acids is 3. The SMILES string of the molecule is O=C[B]N1CCN(C(=O)OCc2ccccc2)N(C(=O)OCc2ccccc2)CC1. The van der Waals surface area contributed by atoms with Crippen LogP contribution >= 0.6 is 0 Å². The Bertz CT molecular complexity index is 772. The van der Waals surface area contributed by atoms with Gasteiger partial charge < -0.3 is 19.1 Å². The van der Waals surface area contributed by atoms with Crippen molar-refractivity contribution in [1.29, 1.82) is 0 Å². The van der Waals surface area contributed by atoms with Crippen molar-refractivity contribution in [1.82, 2.24) is 14.8 Å². The van der Waals surface area contributed by atoms with Crippen molar-refractivity contribution in [2.24, 2.45) is 0 Å². The Morgan fingerprint density at radius 3 is 1.60 bits per heavy atom. The van der Waals surface area contributed by atoms with E-state index in [4.69, 9.17) is 9.47 Å². The molecule has 2 aromatic rings. The molecule has 0 aliphatic carbocycles. The third-order valence-electron chi connectivity index (χ3n) is 4.59.